The second-order valence-electron chi connectivity index (χ2n) is 8.60. The zero-order chi connectivity index (χ0) is 21.4. The molecule has 4 heteroatoms. The first-order valence-corrected chi connectivity index (χ1v) is 10.4. The maximum Gasteiger partial charge on any atom is 0.225 e. The molecule has 158 valence electrons. The smallest absolute Gasteiger partial charge is 0.225 e. The fourth-order valence-electron chi connectivity index (χ4n) is 3.05. The second-order valence-corrected chi connectivity index (χ2v) is 8.60. The van der Waals surface area contributed by atoms with Gasteiger partial charge in [0.05, 0.1) is 12.7 Å². The molecule has 1 N–H and O–H groups in total. The highest BCUT2D eigenvalue weighted by atomic mass is 16.5. The number of carbonyl (C=O) groups is 1. The van der Waals surface area contributed by atoms with Crippen LogP contribution in [0.3, 0.4) is 0 Å². The summed E-state index contributed by atoms with van der Waals surface area (Å²) in [7, 11) is 0. The van der Waals surface area contributed by atoms with Crippen LogP contribution >= 0.6 is 0 Å². The molecular weight excluding hydrogens is 362 g/mol. The van der Waals surface area contributed by atoms with Crippen molar-refractivity contribution in [2.75, 3.05) is 6.61 Å². The van der Waals surface area contributed by atoms with Gasteiger partial charge in [0.2, 0.25) is 5.91 Å². The number of aryl methyl sites for hydroxylation is 2. The summed E-state index contributed by atoms with van der Waals surface area (Å²) < 4.78 is 11.6. The molecule has 0 atom stereocenters. The molecule has 1 amide bonds. The molecule has 2 aromatic rings. The minimum absolute atomic E-state index is 0.0618. The quantitative estimate of drug-likeness (QED) is 0.532. The maximum atomic E-state index is 12.6. The van der Waals surface area contributed by atoms with Gasteiger partial charge in [0.25, 0.3) is 0 Å². The van der Waals surface area contributed by atoms with Crippen LogP contribution in [-0.4, -0.2) is 18.6 Å². The van der Waals surface area contributed by atoms with E-state index in [1.807, 2.05) is 58.9 Å². The Morgan fingerprint density at radius 1 is 1.07 bits per heavy atom. The normalized spacial score (nSPS) is 11.4. The number of rotatable bonds is 10. The van der Waals surface area contributed by atoms with Gasteiger partial charge in [0.15, 0.2) is 0 Å². The van der Waals surface area contributed by atoms with Crippen molar-refractivity contribution in [3.8, 4) is 11.5 Å². The zero-order valence-corrected chi connectivity index (χ0v) is 18.7. The first-order valence-electron chi connectivity index (χ1n) is 10.4. The Balaban J connectivity index is 1.76. The van der Waals surface area contributed by atoms with Crippen LogP contribution in [0.25, 0.3) is 0 Å². The highest BCUT2D eigenvalue weighted by molar-refractivity contribution is 5.81. The molecule has 29 heavy (non-hydrogen) atoms. The van der Waals surface area contributed by atoms with Crippen molar-refractivity contribution < 1.29 is 14.3 Å². The standard InChI is InChI=1S/C25H35NO3/c1-18(2)29-22-12-10-21(11-13-22)17-26-24(27)25(5,6)14-7-15-28-23-16-19(3)8-9-20(23)4/h8-13,16,18H,7,14-15,17H2,1-6H3,(H,26,27). The van der Waals surface area contributed by atoms with Gasteiger partial charge in [-0.15, -0.1) is 0 Å². The summed E-state index contributed by atoms with van der Waals surface area (Å²) in [5, 5.41) is 3.05. The summed E-state index contributed by atoms with van der Waals surface area (Å²) in [4.78, 5) is 12.6. The Bertz CT molecular complexity index is 794. The predicted octanol–water partition coefficient (Wildman–Crippen LogP) is 5.59. The molecule has 0 unspecified atom stereocenters. The molecule has 0 spiro atoms. The molecular formula is C25H35NO3. The van der Waals surface area contributed by atoms with E-state index in [2.05, 4.69) is 30.4 Å². The summed E-state index contributed by atoms with van der Waals surface area (Å²) in [6, 6.07) is 14.1. The first kappa shape index (κ1) is 22.8. The molecule has 0 heterocycles. The van der Waals surface area contributed by atoms with Gasteiger partial charge in [-0.1, -0.05) is 38.1 Å². The number of ether oxygens (including phenoxy) is 2. The van der Waals surface area contributed by atoms with Crippen LogP contribution in [0.2, 0.25) is 0 Å². The molecule has 0 aliphatic carbocycles. The number of amides is 1. The summed E-state index contributed by atoms with van der Waals surface area (Å²) in [5.74, 6) is 1.84. The van der Waals surface area contributed by atoms with Gasteiger partial charge >= 0.3 is 0 Å². The number of hydrogen-bond donors (Lipinski definition) is 1. The molecule has 0 fully saturated rings. The second kappa shape index (κ2) is 10.3. The van der Waals surface area contributed by atoms with Crippen molar-refractivity contribution >= 4 is 5.91 Å². The third-order valence-corrected chi connectivity index (χ3v) is 4.91. The van der Waals surface area contributed by atoms with E-state index in [4.69, 9.17) is 9.47 Å². The van der Waals surface area contributed by atoms with Crippen LogP contribution in [0.15, 0.2) is 42.5 Å². The minimum atomic E-state index is -0.439. The molecule has 0 aliphatic rings. The molecule has 4 nitrogen and oxygen atoms in total. The van der Waals surface area contributed by atoms with Crippen molar-refractivity contribution in [1.29, 1.82) is 0 Å². The third kappa shape index (κ3) is 7.45. The third-order valence-electron chi connectivity index (χ3n) is 4.91. The van der Waals surface area contributed by atoms with E-state index in [0.29, 0.717) is 13.2 Å². The van der Waals surface area contributed by atoms with Gasteiger partial charge in [-0.3, -0.25) is 4.79 Å². The first-order chi connectivity index (χ1) is 13.7. The van der Waals surface area contributed by atoms with E-state index in [1.54, 1.807) is 0 Å². The Morgan fingerprint density at radius 2 is 1.76 bits per heavy atom. The van der Waals surface area contributed by atoms with Crippen molar-refractivity contribution in [1.82, 2.24) is 5.32 Å². The summed E-state index contributed by atoms with van der Waals surface area (Å²) in [6.45, 7) is 13.2. The van der Waals surface area contributed by atoms with E-state index in [-0.39, 0.29) is 12.0 Å². The topological polar surface area (TPSA) is 47.6 Å². The van der Waals surface area contributed by atoms with E-state index in [9.17, 15) is 4.79 Å². The monoisotopic (exact) mass is 397 g/mol. The van der Waals surface area contributed by atoms with Gasteiger partial charge in [0, 0.05) is 12.0 Å². The average Bonchev–Trinajstić information content (AvgIpc) is 2.66. The van der Waals surface area contributed by atoms with Gasteiger partial charge in [-0.05, 0) is 75.4 Å². The number of benzene rings is 2. The molecule has 0 aromatic heterocycles. The predicted molar refractivity (Wildman–Crippen MR) is 118 cm³/mol. The molecule has 2 rings (SSSR count). The van der Waals surface area contributed by atoms with E-state index < -0.39 is 5.41 Å². The van der Waals surface area contributed by atoms with Crippen LogP contribution in [0.5, 0.6) is 11.5 Å². The van der Waals surface area contributed by atoms with Crippen LogP contribution < -0.4 is 14.8 Å². The lowest BCUT2D eigenvalue weighted by atomic mass is 9.87. The van der Waals surface area contributed by atoms with Crippen molar-refractivity contribution in [3.63, 3.8) is 0 Å². The molecule has 0 saturated heterocycles. The van der Waals surface area contributed by atoms with Gasteiger partial charge in [-0.25, -0.2) is 0 Å². The van der Waals surface area contributed by atoms with Crippen molar-refractivity contribution in [2.24, 2.45) is 5.41 Å². The Kier molecular flexibility index (Phi) is 8.12. The van der Waals surface area contributed by atoms with Crippen LogP contribution in [0.1, 0.15) is 57.2 Å². The van der Waals surface area contributed by atoms with Crippen LogP contribution in [-0.2, 0) is 11.3 Å². The molecule has 2 aromatic carbocycles. The Hall–Kier alpha value is -2.49. The molecule has 0 radical (unpaired) electrons. The minimum Gasteiger partial charge on any atom is -0.493 e. The maximum absolute atomic E-state index is 12.6. The lowest BCUT2D eigenvalue weighted by Crippen LogP contribution is -2.36. The highest BCUT2D eigenvalue weighted by Crippen LogP contribution is 2.24. The Morgan fingerprint density at radius 3 is 2.41 bits per heavy atom. The summed E-state index contributed by atoms with van der Waals surface area (Å²) in [5.41, 5.74) is 2.95. The highest BCUT2D eigenvalue weighted by Gasteiger charge is 2.26. The van der Waals surface area contributed by atoms with Gasteiger partial charge in [-0.2, -0.15) is 0 Å². The summed E-state index contributed by atoms with van der Waals surface area (Å²) in [6.07, 6.45) is 1.75. The number of hydrogen-bond acceptors (Lipinski definition) is 3. The largest absolute Gasteiger partial charge is 0.493 e. The SMILES string of the molecule is Cc1ccc(C)c(OCCCC(C)(C)C(=O)NCc2ccc(OC(C)C)cc2)c1. The van der Waals surface area contributed by atoms with E-state index in [0.717, 1.165) is 35.5 Å². The van der Waals surface area contributed by atoms with Gasteiger partial charge < -0.3 is 14.8 Å². The number of carbonyl (C=O) groups excluding carboxylic acids is 1. The fraction of sp³-hybridized carbons (Fsp3) is 0.480. The van der Waals surface area contributed by atoms with E-state index in [1.165, 1.54) is 5.56 Å². The van der Waals surface area contributed by atoms with Crippen molar-refractivity contribution in [2.45, 2.75) is 67.0 Å². The molecule has 0 saturated carbocycles. The van der Waals surface area contributed by atoms with E-state index >= 15 is 0 Å². The average molecular weight is 398 g/mol. The summed E-state index contributed by atoms with van der Waals surface area (Å²) >= 11 is 0. The van der Waals surface area contributed by atoms with Crippen LogP contribution in [0.4, 0.5) is 0 Å². The lowest BCUT2D eigenvalue weighted by Gasteiger charge is -2.24. The zero-order valence-electron chi connectivity index (χ0n) is 18.7. The fourth-order valence-corrected chi connectivity index (χ4v) is 3.05. The lowest BCUT2D eigenvalue weighted by molar-refractivity contribution is -0.130. The number of nitrogens with one attached hydrogen (secondary N) is 1. The molecule has 0 bridgehead atoms. The van der Waals surface area contributed by atoms with Gasteiger partial charge in [0.1, 0.15) is 11.5 Å². The van der Waals surface area contributed by atoms with Crippen molar-refractivity contribution in [3.05, 3.63) is 59.2 Å². The Labute approximate surface area is 175 Å². The molecule has 0 aliphatic heterocycles. The van der Waals surface area contributed by atoms with Crippen LogP contribution in [0, 0.1) is 19.3 Å².